The average Bonchev–Trinajstić information content (AvgIpc) is 2.77. The van der Waals surface area contributed by atoms with Gasteiger partial charge in [-0.3, -0.25) is 0 Å². The maximum atomic E-state index is 11.7. The molecular formula is C13H13NO3S. The van der Waals surface area contributed by atoms with E-state index in [1.165, 1.54) is 11.8 Å². The van der Waals surface area contributed by atoms with Crippen LogP contribution in [0.3, 0.4) is 0 Å². The lowest BCUT2D eigenvalue weighted by Crippen LogP contribution is -2.05. The van der Waals surface area contributed by atoms with Crippen molar-refractivity contribution in [2.24, 2.45) is 0 Å². The molecule has 0 saturated carbocycles. The quantitative estimate of drug-likeness (QED) is 0.626. The van der Waals surface area contributed by atoms with Crippen molar-refractivity contribution >= 4 is 17.7 Å². The third kappa shape index (κ3) is 2.92. The second kappa shape index (κ2) is 5.73. The van der Waals surface area contributed by atoms with Crippen LogP contribution in [-0.4, -0.2) is 17.2 Å². The summed E-state index contributed by atoms with van der Waals surface area (Å²) in [6.07, 6.45) is 1.89. The van der Waals surface area contributed by atoms with Crippen molar-refractivity contribution in [1.29, 1.82) is 0 Å². The molecule has 0 radical (unpaired) electrons. The fourth-order valence-electron chi connectivity index (χ4n) is 1.49. The molecule has 0 bridgehead atoms. The van der Waals surface area contributed by atoms with E-state index < -0.39 is 0 Å². The summed E-state index contributed by atoms with van der Waals surface area (Å²) in [4.78, 5) is 15.9. The molecule has 2 rings (SSSR count). The maximum Gasteiger partial charge on any atom is 0.338 e. The minimum Gasteiger partial charge on any atom is -0.455 e. The van der Waals surface area contributed by atoms with Gasteiger partial charge in [0.15, 0.2) is 11.0 Å². The lowest BCUT2D eigenvalue weighted by molar-refractivity contribution is 0.0463. The molecule has 94 valence electrons. The molecule has 0 fully saturated rings. The van der Waals surface area contributed by atoms with Crippen molar-refractivity contribution < 1.29 is 13.9 Å². The highest BCUT2D eigenvalue weighted by atomic mass is 32.2. The van der Waals surface area contributed by atoms with E-state index in [0.29, 0.717) is 22.2 Å². The van der Waals surface area contributed by atoms with E-state index in [2.05, 4.69) is 4.98 Å². The highest BCUT2D eigenvalue weighted by molar-refractivity contribution is 7.98. The fourth-order valence-corrected chi connectivity index (χ4v) is 2.04. The highest BCUT2D eigenvalue weighted by Crippen LogP contribution is 2.22. The molecule has 0 amide bonds. The summed E-state index contributed by atoms with van der Waals surface area (Å²) in [5.41, 5.74) is 1.19. The topological polar surface area (TPSA) is 52.3 Å². The number of nitrogens with zero attached hydrogens (tertiary/aromatic N) is 1. The monoisotopic (exact) mass is 263 g/mol. The van der Waals surface area contributed by atoms with Crippen LogP contribution in [0, 0.1) is 6.92 Å². The molecule has 0 saturated heterocycles. The Morgan fingerprint density at radius 1 is 1.39 bits per heavy atom. The van der Waals surface area contributed by atoms with Crippen LogP contribution in [-0.2, 0) is 11.3 Å². The first-order valence-corrected chi connectivity index (χ1v) is 6.65. The number of carbonyl (C=O) groups excluding carboxylic acids is 1. The van der Waals surface area contributed by atoms with Gasteiger partial charge in [0.05, 0.1) is 5.56 Å². The number of ether oxygens (including phenoxy) is 1. The number of oxazole rings is 1. The van der Waals surface area contributed by atoms with E-state index in [9.17, 15) is 4.79 Å². The molecule has 0 atom stereocenters. The second-order valence-corrected chi connectivity index (χ2v) is 4.39. The average molecular weight is 263 g/mol. The molecule has 0 aliphatic carbocycles. The van der Waals surface area contributed by atoms with E-state index >= 15 is 0 Å². The molecule has 0 aliphatic rings. The number of aromatic nitrogens is 1. The maximum absolute atomic E-state index is 11.7. The van der Waals surface area contributed by atoms with Gasteiger partial charge < -0.3 is 9.15 Å². The molecule has 4 nitrogen and oxygen atoms in total. The lowest BCUT2D eigenvalue weighted by atomic mass is 10.2. The predicted octanol–water partition coefficient (Wildman–Crippen LogP) is 3.06. The van der Waals surface area contributed by atoms with Gasteiger partial charge >= 0.3 is 5.97 Å². The molecule has 1 aromatic heterocycles. The first-order chi connectivity index (χ1) is 8.70. The number of aryl methyl sites for hydroxylation is 1. The van der Waals surface area contributed by atoms with Gasteiger partial charge in [0.25, 0.3) is 0 Å². The van der Waals surface area contributed by atoms with E-state index in [1.807, 2.05) is 12.3 Å². The van der Waals surface area contributed by atoms with Crippen molar-refractivity contribution in [2.75, 3.05) is 6.26 Å². The van der Waals surface area contributed by atoms with Gasteiger partial charge in [0, 0.05) is 6.92 Å². The van der Waals surface area contributed by atoms with Crippen LogP contribution in [0.1, 0.15) is 21.9 Å². The second-order valence-electron chi connectivity index (χ2n) is 3.61. The zero-order chi connectivity index (χ0) is 13.0. The Balaban J connectivity index is 2.01. The zero-order valence-corrected chi connectivity index (χ0v) is 11.0. The summed E-state index contributed by atoms with van der Waals surface area (Å²) >= 11 is 1.44. The molecular weight excluding hydrogens is 250 g/mol. The Hall–Kier alpha value is -1.75. The van der Waals surface area contributed by atoms with Crippen LogP contribution in [0.15, 0.2) is 39.8 Å². The third-order valence-corrected chi connectivity index (χ3v) is 2.99. The largest absolute Gasteiger partial charge is 0.455 e. The predicted molar refractivity (Wildman–Crippen MR) is 68.6 cm³/mol. The van der Waals surface area contributed by atoms with Gasteiger partial charge in [0.1, 0.15) is 12.3 Å². The van der Waals surface area contributed by atoms with Crippen molar-refractivity contribution in [3.05, 3.63) is 47.5 Å². The minimum absolute atomic E-state index is 0.126. The summed E-state index contributed by atoms with van der Waals surface area (Å²) in [7, 11) is 0. The van der Waals surface area contributed by atoms with Gasteiger partial charge in [-0.15, -0.1) is 0 Å². The van der Waals surface area contributed by atoms with Gasteiger partial charge in [-0.2, -0.15) is 0 Å². The van der Waals surface area contributed by atoms with Crippen molar-refractivity contribution in [1.82, 2.24) is 4.98 Å². The van der Waals surface area contributed by atoms with Crippen LogP contribution in [0.5, 0.6) is 0 Å². The number of hydrogen-bond donors (Lipinski definition) is 0. The fraction of sp³-hybridized carbons (Fsp3) is 0.231. The molecule has 1 aromatic carbocycles. The summed E-state index contributed by atoms with van der Waals surface area (Å²) in [5, 5.41) is 0.688. The SMILES string of the molecule is CSc1oc(C)nc1COC(=O)c1ccccc1. The molecule has 0 N–H and O–H groups in total. The first kappa shape index (κ1) is 12.7. The smallest absolute Gasteiger partial charge is 0.338 e. The normalized spacial score (nSPS) is 10.3. The Labute approximate surface area is 109 Å². The van der Waals surface area contributed by atoms with Gasteiger partial charge in [-0.05, 0) is 18.4 Å². The van der Waals surface area contributed by atoms with Crippen LogP contribution < -0.4 is 0 Å². The van der Waals surface area contributed by atoms with E-state index in [1.54, 1.807) is 31.2 Å². The van der Waals surface area contributed by atoms with E-state index in [4.69, 9.17) is 9.15 Å². The number of carbonyl (C=O) groups is 1. The minimum atomic E-state index is -0.358. The molecule has 5 heteroatoms. The number of thioether (sulfide) groups is 1. The third-order valence-electron chi connectivity index (χ3n) is 2.30. The summed E-state index contributed by atoms with van der Waals surface area (Å²) < 4.78 is 10.6. The Morgan fingerprint density at radius 2 is 2.11 bits per heavy atom. The summed E-state index contributed by atoms with van der Waals surface area (Å²) in [5.74, 6) is 0.216. The van der Waals surface area contributed by atoms with Crippen molar-refractivity contribution in [3.63, 3.8) is 0 Å². The van der Waals surface area contributed by atoms with Crippen LogP contribution in [0.25, 0.3) is 0 Å². The summed E-state index contributed by atoms with van der Waals surface area (Å²) in [6, 6.07) is 8.87. The molecule has 0 unspecified atom stereocenters. The van der Waals surface area contributed by atoms with Gasteiger partial charge in [-0.25, -0.2) is 9.78 Å². The first-order valence-electron chi connectivity index (χ1n) is 5.43. The Morgan fingerprint density at radius 3 is 2.78 bits per heavy atom. The highest BCUT2D eigenvalue weighted by Gasteiger charge is 2.13. The van der Waals surface area contributed by atoms with Gasteiger partial charge in [0.2, 0.25) is 0 Å². The van der Waals surface area contributed by atoms with Crippen LogP contribution in [0.2, 0.25) is 0 Å². The van der Waals surface area contributed by atoms with Crippen molar-refractivity contribution in [3.8, 4) is 0 Å². The standard InChI is InChI=1S/C13H13NO3S/c1-9-14-11(13(17-9)18-2)8-16-12(15)10-6-4-3-5-7-10/h3-7H,8H2,1-2H3. The number of hydrogen-bond acceptors (Lipinski definition) is 5. The van der Waals surface area contributed by atoms with Crippen LogP contribution >= 0.6 is 11.8 Å². The molecule has 0 aliphatic heterocycles. The Bertz CT molecular complexity index is 536. The van der Waals surface area contributed by atoms with E-state index in [-0.39, 0.29) is 12.6 Å². The summed E-state index contributed by atoms with van der Waals surface area (Å²) in [6.45, 7) is 1.89. The lowest BCUT2D eigenvalue weighted by Gasteiger charge is -2.03. The Kier molecular flexibility index (Phi) is 4.04. The molecule has 1 heterocycles. The molecule has 18 heavy (non-hydrogen) atoms. The molecule has 0 spiro atoms. The van der Waals surface area contributed by atoms with Gasteiger partial charge in [-0.1, -0.05) is 30.0 Å². The van der Waals surface area contributed by atoms with E-state index in [0.717, 1.165) is 0 Å². The van der Waals surface area contributed by atoms with Crippen molar-refractivity contribution in [2.45, 2.75) is 18.6 Å². The number of esters is 1. The number of rotatable bonds is 4. The number of benzene rings is 1. The zero-order valence-electron chi connectivity index (χ0n) is 10.2. The van der Waals surface area contributed by atoms with Crippen LogP contribution in [0.4, 0.5) is 0 Å². The molecule has 2 aromatic rings.